The summed E-state index contributed by atoms with van der Waals surface area (Å²) in [5.41, 5.74) is 2.44. The summed E-state index contributed by atoms with van der Waals surface area (Å²) in [6.45, 7) is 3.39. The molecule has 1 saturated heterocycles. The number of benzene rings is 3. The lowest BCUT2D eigenvalue weighted by molar-refractivity contribution is 0.171. The molecule has 8 nitrogen and oxygen atoms in total. The smallest absolute Gasteiger partial charge is 0.240 e. The second-order valence-electron chi connectivity index (χ2n) is 10.2. The molecule has 0 radical (unpaired) electrons. The molecule has 0 N–H and O–H groups in total. The van der Waals surface area contributed by atoms with Gasteiger partial charge in [-0.3, -0.25) is 4.90 Å². The van der Waals surface area contributed by atoms with Gasteiger partial charge < -0.3 is 18.8 Å². The molecule has 0 atom stereocenters. The van der Waals surface area contributed by atoms with E-state index in [0.29, 0.717) is 56.8 Å². The molecule has 5 aromatic rings. The number of hydrogen-bond donors (Lipinski definition) is 0. The van der Waals surface area contributed by atoms with Crippen LogP contribution >= 0.6 is 11.3 Å². The summed E-state index contributed by atoms with van der Waals surface area (Å²) in [5, 5.41) is 1.83. The molecule has 3 aromatic carbocycles. The first-order valence-corrected chi connectivity index (χ1v) is 16.2. The minimum Gasteiger partial charge on any atom is -0.486 e. The monoisotopic (exact) mass is 599 g/mol. The summed E-state index contributed by atoms with van der Waals surface area (Å²) in [4.78, 5) is 9.86. The zero-order valence-electron chi connectivity index (χ0n) is 22.8. The van der Waals surface area contributed by atoms with Gasteiger partial charge in [0.1, 0.15) is 13.2 Å². The average Bonchev–Trinajstić information content (AvgIpc) is 3.74. The molecule has 0 aliphatic carbocycles. The molecule has 7 rings (SSSR count). The molecule has 2 aliphatic heterocycles. The summed E-state index contributed by atoms with van der Waals surface area (Å²) in [5.74, 6) is 1.50. The zero-order valence-corrected chi connectivity index (χ0v) is 24.4. The van der Waals surface area contributed by atoms with Crippen LogP contribution in [0.3, 0.4) is 0 Å². The second kappa shape index (κ2) is 11.3. The van der Waals surface area contributed by atoms with Crippen molar-refractivity contribution in [2.45, 2.75) is 16.0 Å². The van der Waals surface area contributed by atoms with E-state index in [4.69, 9.17) is 13.9 Å². The molecule has 2 aliphatic rings. The van der Waals surface area contributed by atoms with Crippen molar-refractivity contribution in [1.29, 1.82) is 0 Å². The standard InChI is InChI=1S/C32H29N3O5S2/c36-42(37,25-13-14-26-27(22-25)39-20-19-38-26)31-32(40-30(33-31)28-12-7-21-41-28)35-17-15-34(16-18-35)29(23-8-3-1-4-9-23)24-10-5-2-6-11-24/h1-14,21-22,29H,15-20H2. The second-order valence-corrected chi connectivity index (χ2v) is 13.0. The van der Waals surface area contributed by atoms with Crippen molar-refractivity contribution in [2.24, 2.45) is 0 Å². The van der Waals surface area contributed by atoms with Gasteiger partial charge in [0.05, 0.1) is 15.8 Å². The maximum atomic E-state index is 14.1. The Labute approximate surface area is 248 Å². The minimum atomic E-state index is -4.03. The number of anilines is 1. The van der Waals surface area contributed by atoms with E-state index in [1.54, 1.807) is 6.07 Å². The van der Waals surface area contributed by atoms with Crippen LogP contribution in [-0.2, 0) is 9.84 Å². The number of ether oxygens (including phenoxy) is 2. The third kappa shape index (κ3) is 5.06. The molecule has 0 spiro atoms. The fourth-order valence-electron chi connectivity index (χ4n) is 5.55. The molecule has 0 bridgehead atoms. The van der Waals surface area contributed by atoms with E-state index >= 15 is 0 Å². The average molecular weight is 600 g/mol. The number of rotatable bonds is 7. The highest BCUT2D eigenvalue weighted by molar-refractivity contribution is 7.91. The third-order valence-electron chi connectivity index (χ3n) is 7.59. The molecule has 2 aromatic heterocycles. The van der Waals surface area contributed by atoms with Crippen LogP contribution in [0.2, 0.25) is 0 Å². The van der Waals surface area contributed by atoms with E-state index in [9.17, 15) is 8.42 Å². The lowest BCUT2D eigenvalue weighted by atomic mass is 9.96. The Morgan fingerprint density at radius 2 is 1.43 bits per heavy atom. The lowest BCUT2D eigenvalue weighted by Gasteiger charge is -2.39. The summed E-state index contributed by atoms with van der Waals surface area (Å²) in [7, 11) is -4.03. The highest BCUT2D eigenvalue weighted by Crippen LogP contribution is 2.40. The highest BCUT2D eigenvalue weighted by atomic mass is 32.2. The summed E-state index contributed by atoms with van der Waals surface area (Å²) >= 11 is 1.45. The quantitative estimate of drug-likeness (QED) is 0.228. The number of hydrogen-bond acceptors (Lipinski definition) is 9. The number of piperazine rings is 1. The summed E-state index contributed by atoms with van der Waals surface area (Å²) in [6, 6.07) is 29.5. The summed E-state index contributed by atoms with van der Waals surface area (Å²) < 4.78 is 45.6. The van der Waals surface area contributed by atoms with Crippen molar-refractivity contribution < 1.29 is 22.3 Å². The first-order chi connectivity index (χ1) is 20.6. The fraction of sp³-hybridized carbons (Fsp3) is 0.219. The molecule has 0 unspecified atom stereocenters. The minimum absolute atomic E-state index is 0.0845. The Bertz CT molecular complexity index is 1730. The van der Waals surface area contributed by atoms with Gasteiger partial charge in [-0.2, -0.15) is 4.98 Å². The SMILES string of the molecule is O=S(=O)(c1ccc2c(c1)OCCO2)c1nc(-c2cccs2)oc1N1CCN(C(c2ccccc2)c2ccccc2)CC1. The highest BCUT2D eigenvalue weighted by Gasteiger charge is 2.35. The van der Waals surface area contributed by atoms with Crippen LogP contribution in [0.25, 0.3) is 10.8 Å². The molecule has 42 heavy (non-hydrogen) atoms. The van der Waals surface area contributed by atoms with Gasteiger partial charge in [0.2, 0.25) is 26.6 Å². The van der Waals surface area contributed by atoms with Gasteiger partial charge >= 0.3 is 0 Å². The fourth-order valence-corrected chi connectivity index (χ4v) is 7.53. The molecular weight excluding hydrogens is 571 g/mol. The molecule has 0 amide bonds. The Morgan fingerprint density at radius 1 is 0.762 bits per heavy atom. The van der Waals surface area contributed by atoms with Crippen LogP contribution in [0.15, 0.2) is 111 Å². The van der Waals surface area contributed by atoms with Crippen LogP contribution in [-0.4, -0.2) is 57.7 Å². The number of aromatic nitrogens is 1. The van der Waals surface area contributed by atoms with E-state index in [1.165, 1.54) is 34.6 Å². The topological polar surface area (TPSA) is 85.1 Å². The van der Waals surface area contributed by atoms with E-state index in [-0.39, 0.29) is 21.8 Å². The van der Waals surface area contributed by atoms with E-state index < -0.39 is 9.84 Å². The van der Waals surface area contributed by atoms with Crippen molar-refractivity contribution in [3.8, 4) is 22.3 Å². The maximum absolute atomic E-state index is 14.1. The predicted molar refractivity (Wildman–Crippen MR) is 161 cm³/mol. The largest absolute Gasteiger partial charge is 0.486 e. The Kier molecular flexibility index (Phi) is 7.19. The molecule has 0 saturated carbocycles. The molecule has 4 heterocycles. The first kappa shape index (κ1) is 26.8. The lowest BCUT2D eigenvalue weighted by Crippen LogP contribution is -2.48. The Morgan fingerprint density at radius 3 is 2.07 bits per heavy atom. The molecule has 10 heteroatoms. The number of sulfone groups is 1. The molecule has 1 fully saturated rings. The van der Waals surface area contributed by atoms with Crippen molar-refractivity contribution in [1.82, 2.24) is 9.88 Å². The normalized spacial score (nSPS) is 15.7. The van der Waals surface area contributed by atoms with Crippen molar-refractivity contribution >= 4 is 27.1 Å². The van der Waals surface area contributed by atoms with Gasteiger partial charge in [0, 0.05) is 32.2 Å². The van der Waals surface area contributed by atoms with Crippen LogP contribution in [0.5, 0.6) is 11.5 Å². The number of thiophene rings is 1. The zero-order chi connectivity index (χ0) is 28.5. The predicted octanol–water partition coefficient (Wildman–Crippen LogP) is 5.92. The van der Waals surface area contributed by atoms with Crippen LogP contribution in [0.4, 0.5) is 5.88 Å². The van der Waals surface area contributed by atoms with E-state index in [0.717, 1.165) is 4.88 Å². The Balaban J connectivity index is 1.21. The molecule has 214 valence electrons. The van der Waals surface area contributed by atoms with Gasteiger partial charge in [-0.1, -0.05) is 66.7 Å². The number of nitrogens with zero attached hydrogens (tertiary/aromatic N) is 3. The van der Waals surface area contributed by atoms with Crippen molar-refractivity contribution in [3.63, 3.8) is 0 Å². The van der Waals surface area contributed by atoms with E-state index in [1.807, 2.05) is 34.5 Å². The van der Waals surface area contributed by atoms with Gasteiger partial charge in [0.15, 0.2) is 11.5 Å². The van der Waals surface area contributed by atoms with Gasteiger partial charge in [0.25, 0.3) is 0 Å². The van der Waals surface area contributed by atoms with Crippen LogP contribution < -0.4 is 14.4 Å². The van der Waals surface area contributed by atoms with Crippen molar-refractivity contribution in [2.75, 3.05) is 44.3 Å². The van der Waals surface area contributed by atoms with Crippen LogP contribution in [0.1, 0.15) is 17.2 Å². The number of fused-ring (bicyclic) bond motifs is 1. The Hall–Kier alpha value is -4.12. The maximum Gasteiger partial charge on any atom is 0.240 e. The number of oxazole rings is 1. The van der Waals surface area contributed by atoms with Crippen LogP contribution in [0, 0.1) is 0 Å². The first-order valence-electron chi connectivity index (χ1n) is 13.9. The summed E-state index contributed by atoms with van der Waals surface area (Å²) in [6.07, 6.45) is 0. The molecular formula is C32H29N3O5S2. The van der Waals surface area contributed by atoms with Crippen molar-refractivity contribution in [3.05, 3.63) is 108 Å². The van der Waals surface area contributed by atoms with Gasteiger partial charge in [-0.25, -0.2) is 8.42 Å². The third-order valence-corrected chi connectivity index (χ3v) is 10.1. The van der Waals surface area contributed by atoms with Gasteiger partial charge in [-0.05, 0) is 34.7 Å². The van der Waals surface area contributed by atoms with E-state index in [2.05, 4.69) is 58.4 Å². The van der Waals surface area contributed by atoms with Gasteiger partial charge in [-0.15, -0.1) is 11.3 Å².